The van der Waals surface area contributed by atoms with Crippen molar-refractivity contribution in [2.24, 2.45) is 0 Å². The molecule has 7 heteroatoms. The predicted molar refractivity (Wildman–Crippen MR) is 69.3 cm³/mol. The zero-order valence-electron chi connectivity index (χ0n) is 11.2. The predicted octanol–water partition coefficient (Wildman–Crippen LogP) is 1.44. The highest BCUT2D eigenvalue weighted by molar-refractivity contribution is 6.63. The zero-order valence-corrected chi connectivity index (χ0v) is 11.9. The van der Waals surface area contributed by atoms with Gasteiger partial charge in [0.1, 0.15) is 0 Å². The number of methoxy groups -OCH3 is 1. The average molecular weight is 271 g/mol. The molecule has 0 bridgehead atoms. The second-order valence-corrected chi connectivity index (χ2v) is 5.53. The van der Waals surface area contributed by atoms with Crippen molar-refractivity contribution in [3.63, 3.8) is 0 Å². The van der Waals surface area contributed by atoms with Gasteiger partial charge in [-0.15, -0.1) is 0 Å². The van der Waals surface area contributed by atoms with Crippen molar-refractivity contribution in [3.05, 3.63) is 11.5 Å². The first kappa shape index (κ1) is 13.6. The maximum Gasteiger partial charge on any atom is 0.502 e. The highest BCUT2D eigenvalue weighted by Crippen LogP contribution is 2.36. The van der Waals surface area contributed by atoms with Crippen molar-refractivity contribution in [1.82, 2.24) is 9.97 Å². The molecular weight excluding hydrogens is 254 g/mol. The Bertz CT molecular complexity index is 452. The van der Waals surface area contributed by atoms with E-state index in [4.69, 9.17) is 25.6 Å². The molecule has 0 atom stereocenters. The van der Waals surface area contributed by atoms with E-state index >= 15 is 0 Å². The Hall–Kier alpha value is -0.845. The van der Waals surface area contributed by atoms with Gasteiger partial charge in [0.05, 0.1) is 23.8 Å². The van der Waals surface area contributed by atoms with E-state index in [0.29, 0.717) is 11.3 Å². The van der Waals surface area contributed by atoms with Crippen molar-refractivity contribution in [2.45, 2.75) is 38.9 Å². The summed E-state index contributed by atoms with van der Waals surface area (Å²) in [6.45, 7) is 7.93. The minimum Gasteiger partial charge on any atom is -0.481 e. The van der Waals surface area contributed by atoms with E-state index in [0.717, 1.165) is 0 Å². The topological polar surface area (TPSA) is 53.5 Å². The molecular formula is C11H16BClN2O3. The molecule has 2 heterocycles. The first-order valence-electron chi connectivity index (χ1n) is 5.69. The molecule has 0 unspecified atom stereocenters. The van der Waals surface area contributed by atoms with Gasteiger partial charge >= 0.3 is 7.12 Å². The molecule has 18 heavy (non-hydrogen) atoms. The van der Waals surface area contributed by atoms with E-state index in [1.54, 1.807) is 6.20 Å². The highest BCUT2D eigenvalue weighted by atomic mass is 35.5. The van der Waals surface area contributed by atoms with E-state index in [9.17, 15) is 0 Å². The Morgan fingerprint density at radius 3 is 2.28 bits per heavy atom. The van der Waals surface area contributed by atoms with Gasteiger partial charge in [0.25, 0.3) is 0 Å². The van der Waals surface area contributed by atoms with Crippen LogP contribution < -0.4 is 10.2 Å². The third kappa shape index (κ3) is 2.20. The van der Waals surface area contributed by atoms with Crippen LogP contribution in [0.2, 0.25) is 5.28 Å². The van der Waals surface area contributed by atoms with Crippen LogP contribution in [0.3, 0.4) is 0 Å². The van der Waals surface area contributed by atoms with E-state index in [1.165, 1.54) is 7.11 Å². The van der Waals surface area contributed by atoms with Crippen LogP contribution in [0.5, 0.6) is 5.88 Å². The number of nitrogens with zero attached hydrogens (tertiary/aromatic N) is 2. The molecule has 1 saturated heterocycles. The summed E-state index contributed by atoms with van der Waals surface area (Å²) < 4.78 is 17.0. The Kier molecular flexibility index (Phi) is 3.29. The fourth-order valence-electron chi connectivity index (χ4n) is 1.65. The first-order chi connectivity index (χ1) is 8.27. The molecule has 0 aromatic carbocycles. The summed E-state index contributed by atoms with van der Waals surface area (Å²) >= 11 is 5.73. The van der Waals surface area contributed by atoms with E-state index in [-0.39, 0.29) is 5.28 Å². The summed E-state index contributed by atoms with van der Waals surface area (Å²) in [6.07, 6.45) is 1.57. The van der Waals surface area contributed by atoms with Gasteiger partial charge in [0, 0.05) is 6.20 Å². The molecule has 0 radical (unpaired) electrons. The van der Waals surface area contributed by atoms with Gasteiger partial charge in [-0.1, -0.05) is 0 Å². The Balaban J connectivity index is 2.35. The van der Waals surface area contributed by atoms with Gasteiger partial charge in [-0.2, -0.15) is 4.98 Å². The lowest BCUT2D eigenvalue weighted by molar-refractivity contribution is 0.00578. The van der Waals surface area contributed by atoms with Crippen molar-refractivity contribution < 1.29 is 14.0 Å². The standard InChI is InChI=1S/C11H16BClN2O3/c1-10(2)11(3,4)18-12(17-10)7-6-14-9(13)15-8(7)16-5/h6H,1-5H3. The molecule has 0 aliphatic carbocycles. The molecule has 98 valence electrons. The lowest BCUT2D eigenvalue weighted by Crippen LogP contribution is -2.41. The quantitative estimate of drug-likeness (QED) is 0.601. The molecule has 1 aliphatic heterocycles. The summed E-state index contributed by atoms with van der Waals surface area (Å²) in [5.74, 6) is 0.369. The molecule has 0 spiro atoms. The third-order valence-electron chi connectivity index (χ3n) is 3.45. The molecule has 0 saturated carbocycles. The Labute approximate surface area is 112 Å². The molecule has 1 aromatic rings. The van der Waals surface area contributed by atoms with Crippen LogP contribution >= 0.6 is 11.6 Å². The molecule has 2 rings (SSSR count). The summed E-state index contributed by atoms with van der Waals surface area (Å²) in [7, 11) is 0.968. The maximum atomic E-state index is 5.91. The van der Waals surface area contributed by atoms with Gasteiger partial charge in [-0.25, -0.2) is 4.98 Å². The molecule has 0 amide bonds. The van der Waals surface area contributed by atoms with Gasteiger partial charge in [-0.3, -0.25) is 0 Å². The normalized spacial score (nSPS) is 21.1. The van der Waals surface area contributed by atoms with Crippen LogP contribution in [0.4, 0.5) is 0 Å². The van der Waals surface area contributed by atoms with Crippen LogP contribution in [-0.4, -0.2) is 35.4 Å². The number of rotatable bonds is 2. The number of halogens is 1. The third-order valence-corrected chi connectivity index (χ3v) is 3.63. The van der Waals surface area contributed by atoms with Crippen LogP contribution in [0.25, 0.3) is 0 Å². The van der Waals surface area contributed by atoms with Crippen LogP contribution in [0.15, 0.2) is 6.20 Å². The fraction of sp³-hybridized carbons (Fsp3) is 0.636. The lowest BCUT2D eigenvalue weighted by Gasteiger charge is -2.32. The smallest absolute Gasteiger partial charge is 0.481 e. The van der Waals surface area contributed by atoms with Crippen molar-refractivity contribution in [3.8, 4) is 5.88 Å². The van der Waals surface area contributed by atoms with Gasteiger partial charge in [0.2, 0.25) is 11.2 Å². The number of hydrogen-bond donors (Lipinski definition) is 0. The SMILES string of the molecule is COc1nc(Cl)ncc1B1OC(C)(C)C(C)(C)O1. The Morgan fingerprint density at radius 1 is 1.22 bits per heavy atom. The summed E-state index contributed by atoms with van der Waals surface area (Å²) in [5.41, 5.74) is -0.189. The van der Waals surface area contributed by atoms with E-state index in [1.807, 2.05) is 27.7 Å². The number of aromatic nitrogens is 2. The van der Waals surface area contributed by atoms with E-state index < -0.39 is 18.3 Å². The fourth-order valence-corrected chi connectivity index (χ4v) is 1.78. The first-order valence-corrected chi connectivity index (χ1v) is 6.07. The minimum atomic E-state index is -0.554. The van der Waals surface area contributed by atoms with Crippen LogP contribution in [0.1, 0.15) is 27.7 Å². The highest BCUT2D eigenvalue weighted by Gasteiger charge is 2.52. The molecule has 5 nitrogen and oxygen atoms in total. The number of hydrogen-bond acceptors (Lipinski definition) is 5. The van der Waals surface area contributed by atoms with Crippen molar-refractivity contribution >= 4 is 24.2 Å². The average Bonchev–Trinajstić information content (AvgIpc) is 2.47. The van der Waals surface area contributed by atoms with E-state index in [2.05, 4.69) is 9.97 Å². The van der Waals surface area contributed by atoms with Crippen LogP contribution in [-0.2, 0) is 9.31 Å². The second kappa shape index (κ2) is 4.37. The second-order valence-electron chi connectivity index (χ2n) is 5.19. The van der Waals surface area contributed by atoms with Gasteiger partial charge < -0.3 is 14.0 Å². The monoisotopic (exact) mass is 270 g/mol. The van der Waals surface area contributed by atoms with Crippen LogP contribution in [0, 0.1) is 0 Å². The summed E-state index contributed by atoms with van der Waals surface area (Å²) in [6, 6.07) is 0. The minimum absolute atomic E-state index is 0.132. The maximum absolute atomic E-state index is 5.91. The Morgan fingerprint density at radius 2 is 1.78 bits per heavy atom. The molecule has 0 N–H and O–H groups in total. The zero-order chi connectivity index (χ0) is 13.6. The number of ether oxygens (including phenoxy) is 1. The molecule has 1 aliphatic rings. The van der Waals surface area contributed by atoms with Gasteiger partial charge in [0.15, 0.2) is 0 Å². The lowest BCUT2D eigenvalue weighted by atomic mass is 9.81. The summed E-state index contributed by atoms with van der Waals surface area (Å²) in [5, 5.41) is 0.132. The molecule has 1 fully saturated rings. The van der Waals surface area contributed by atoms with Gasteiger partial charge in [-0.05, 0) is 39.3 Å². The molecule has 1 aromatic heterocycles. The summed E-state index contributed by atoms with van der Waals surface area (Å²) in [4.78, 5) is 7.95. The van der Waals surface area contributed by atoms with Crippen molar-refractivity contribution in [2.75, 3.05) is 7.11 Å². The van der Waals surface area contributed by atoms with Crippen molar-refractivity contribution in [1.29, 1.82) is 0 Å². The largest absolute Gasteiger partial charge is 0.502 e.